The van der Waals surface area contributed by atoms with E-state index in [2.05, 4.69) is 4.98 Å². The van der Waals surface area contributed by atoms with Gasteiger partial charge in [0.2, 0.25) is 0 Å². The van der Waals surface area contributed by atoms with Crippen molar-refractivity contribution in [3.05, 3.63) is 23.5 Å². The molecule has 0 aliphatic heterocycles. The van der Waals surface area contributed by atoms with Gasteiger partial charge in [-0.3, -0.25) is 0 Å². The number of aromatic nitrogens is 1. The zero-order valence-electron chi connectivity index (χ0n) is 8.29. The molecule has 0 amide bonds. The number of H-pyrrole nitrogens is 1. The maximum Gasteiger partial charge on any atom is 0.341 e. The molecule has 1 aromatic rings. The molecule has 0 radical (unpaired) electrons. The predicted molar refractivity (Wildman–Crippen MR) is 52.3 cm³/mol. The Morgan fingerprint density at radius 1 is 1.33 bits per heavy atom. The van der Waals surface area contributed by atoms with E-state index in [0.717, 1.165) is 31.2 Å². The first kappa shape index (κ1) is 8.97. The van der Waals surface area contributed by atoms with Gasteiger partial charge in [-0.05, 0) is 31.2 Å². The van der Waals surface area contributed by atoms with E-state index in [1.165, 1.54) is 0 Å². The lowest BCUT2D eigenvalue weighted by atomic mass is 9.70. The summed E-state index contributed by atoms with van der Waals surface area (Å²) >= 11 is 0. The van der Waals surface area contributed by atoms with Crippen molar-refractivity contribution < 1.29 is 15.0 Å². The summed E-state index contributed by atoms with van der Waals surface area (Å²) in [6, 6.07) is 0. The van der Waals surface area contributed by atoms with Crippen LogP contribution in [-0.4, -0.2) is 21.2 Å². The quantitative estimate of drug-likeness (QED) is 0.643. The molecule has 1 aromatic heterocycles. The molecule has 0 bridgehead atoms. The van der Waals surface area contributed by atoms with Crippen LogP contribution in [0.5, 0.6) is 0 Å². The van der Waals surface area contributed by atoms with Gasteiger partial charge in [0.05, 0.1) is 0 Å². The Balaban J connectivity index is 2.21. The van der Waals surface area contributed by atoms with Crippen LogP contribution >= 0.6 is 0 Å². The summed E-state index contributed by atoms with van der Waals surface area (Å²) in [5.74, 6) is -1.11. The van der Waals surface area contributed by atoms with Crippen molar-refractivity contribution in [2.45, 2.75) is 31.3 Å². The van der Waals surface area contributed by atoms with Crippen molar-refractivity contribution in [1.82, 2.24) is 4.98 Å². The molecule has 4 nitrogen and oxygen atoms in total. The van der Waals surface area contributed by atoms with E-state index in [-0.39, 0.29) is 0 Å². The average Bonchev–Trinajstić information content (AvgIpc) is 2.82. The molecule has 1 fully saturated rings. The molecule has 2 aliphatic carbocycles. The van der Waals surface area contributed by atoms with Crippen molar-refractivity contribution in [2.75, 3.05) is 0 Å². The molecule has 0 aromatic carbocycles. The molecule has 2 aliphatic rings. The molecule has 1 unspecified atom stereocenters. The number of hydrogen-bond donors (Lipinski definition) is 3. The number of carboxylic acid groups (broad SMARTS) is 1. The largest absolute Gasteiger partial charge is 0.479 e. The van der Waals surface area contributed by atoms with Crippen LogP contribution in [0, 0.1) is 5.41 Å². The van der Waals surface area contributed by atoms with E-state index >= 15 is 0 Å². The molecule has 80 valence electrons. The second-order valence-electron chi connectivity index (χ2n) is 4.69. The highest BCUT2D eigenvalue weighted by Gasteiger charge is 2.65. The van der Waals surface area contributed by atoms with Gasteiger partial charge in [-0.2, -0.15) is 0 Å². The smallest absolute Gasteiger partial charge is 0.341 e. The number of hydrogen-bond acceptors (Lipinski definition) is 2. The maximum atomic E-state index is 11.3. The number of carbonyl (C=O) groups is 1. The van der Waals surface area contributed by atoms with Gasteiger partial charge in [0.15, 0.2) is 5.60 Å². The molecular formula is C11H13NO3. The third kappa shape index (κ3) is 0.880. The second kappa shape index (κ2) is 2.44. The predicted octanol–water partition coefficient (Wildman–Crippen LogP) is 1.01. The second-order valence-corrected chi connectivity index (χ2v) is 4.69. The van der Waals surface area contributed by atoms with Gasteiger partial charge in [0, 0.05) is 23.4 Å². The summed E-state index contributed by atoms with van der Waals surface area (Å²) in [4.78, 5) is 14.2. The van der Waals surface area contributed by atoms with Gasteiger partial charge in [-0.25, -0.2) is 4.79 Å². The number of fused-ring (bicyclic) bond motifs is 1. The average molecular weight is 207 g/mol. The maximum absolute atomic E-state index is 11.3. The lowest BCUT2D eigenvalue weighted by Crippen LogP contribution is -2.47. The molecule has 1 heterocycles. The fraction of sp³-hybridized carbons (Fsp3) is 0.545. The van der Waals surface area contributed by atoms with E-state index < -0.39 is 17.0 Å². The van der Waals surface area contributed by atoms with Crippen molar-refractivity contribution in [3.63, 3.8) is 0 Å². The molecule has 15 heavy (non-hydrogen) atoms. The van der Waals surface area contributed by atoms with E-state index in [4.69, 9.17) is 0 Å². The van der Waals surface area contributed by atoms with Crippen LogP contribution in [0.15, 0.2) is 12.4 Å². The summed E-state index contributed by atoms with van der Waals surface area (Å²) in [5.41, 5.74) is -0.551. The molecule has 1 atom stereocenters. The fourth-order valence-electron chi connectivity index (χ4n) is 2.88. The van der Waals surface area contributed by atoms with Crippen LogP contribution in [-0.2, 0) is 16.8 Å². The Bertz CT molecular complexity index is 433. The Morgan fingerprint density at radius 3 is 2.67 bits per heavy atom. The highest BCUT2D eigenvalue weighted by molar-refractivity contribution is 5.82. The third-order valence-corrected chi connectivity index (χ3v) is 4.02. The van der Waals surface area contributed by atoms with Gasteiger partial charge in [-0.15, -0.1) is 0 Å². The first-order chi connectivity index (χ1) is 7.10. The molecule has 3 N–H and O–H groups in total. The zero-order chi connectivity index (χ0) is 10.7. The lowest BCUT2D eigenvalue weighted by molar-refractivity contribution is -0.171. The van der Waals surface area contributed by atoms with Crippen molar-refractivity contribution >= 4 is 5.97 Å². The Kier molecular flexibility index (Phi) is 1.46. The van der Waals surface area contributed by atoms with Crippen molar-refractivity contribution in [3.8, 4) is 0 Å². The highest BCUT2D eigenvalue weighted by atomic mass is 16.4. The standard InChI is InChI=1S/C11H13NO3/c13-9(14)11(15)8-6-12-5-7(8)1-2-10(11)3-4-10/h5-6,12,15H,1-4H2,(H,13,14). The molecule has 3 rings (SSSR count). The summed E-state index contributed by atoms with van der Waals surface area (Å²) in [7, 11) is 0. The molecular weight excluding hydrogens is 194 g/mol. The number of nitrogens with one attached hydrogen (secondary N) is 1. The normalized spacial score (nSPS) is 31.3. The van der Waals surface area contributed by atoms with Gasteiger partial charge in [-0.1, -0.05) is 0 Å². The monoisotopic (exact) mass is 207 g/mol. The van der Waals surface area contributed by atoms with Crippen LogP contribution in [0.2, 0.25) is 0 Å². The van der Waals surface area contributed by atoms with Crippen LogP contribution in [0.4, 0.5) is 0 Å². The summed E-state index contributed by atoms with van der Waals surface area (Å²) in [6.07, 6.45) is 6.71. The van der Waals surface area contributed by atoms with Crippen molar-refractivity contribution in [1.29, 1.82) is 0 Å². The lowest BCUT2D eigenvalue weighted by Gasteiger charge is -2.37. The minimum absolute atomic E-state index is 0.395. The number of aliphatic carboxylic acids is 1. The highest BCUT2D eigenvalue weighted by Crippen LogP contribution is 2.63. The number of rotatable bonds is 1. The van der Waals surface area contributed by atoms with E-state index in [1.54, 1.807) is 12.4 Å². The van der Waals surface area contributed by atoms with Gasteiger partial charge >= 0.3 is 5.97 Å². The van der Waals surface area contributed by atoms with E-state index in [1.807, 2.05) is 0 Å². The van der Waals surface area contributed by atoms with Crippen LogP contribution in [0.1, 0.15) is 30.4 Å². The van der Waals surface area contributed by atoms with E-state index in [0.29, 0.717) is 5.56 Å². The van der Waals surface area contributed by atoms with Crippen LogP contribution in [0.3, 0.4) is 0 Å². The Hall–Kier alpha value is -1.29. The number of carboxylic acids is 1. The van der Waals surface area contributed by atoms with E-state index in [9.17, 15) is 15.0 Å². The number of aryl methyl sites for hydroxylation is 1. The third-order valence-electron chi connectivity index (χ3n) is 4.02. The Morgan fingerprint density at radius 2 is 2.07 bits per heavy atom. The zero-order valence-corrected chi connectivity index (χ0v) is 8.29. The molecule has 1 spiro atoms. The summed E-state index contributed by atoms with van der Waals surface area (Å²) in [5, 5.41) is 19.7. The molecule has 1 saturated carbocycles. The Labute approximate surface area is 86.9 Å². The molecule has 4 heteroatoms. The van der Waals surface area contributed by atoms with Crippen molar-refractivity contribution in [2.24, 2.45) is 5.41 Å². The fourth-order valence-corrected chi connectivity index (χ4v) is 2.88. The van der Waals surface area contributed by atoms with Gasteiger partial charge < -0.3 is 15.2 Å². The first-order valence-electron chi connectivity index (χ1n) is 5.22. The van der Waals surface area contributed by atoms with Crippen LogP contribution in [0.25, 0.3) is 0 Å². The van der Waals surface area contributed by atoms with Gasteiger partial charge in [0.1, 0.15) is 0 Å². The van der Waals surface area contributed by atoms with Gasteiger partial charge in [0.25, 0.3) is 0 Å². The molecule has 0 saturated heterocycles. The number of aliphatic hydroxyl groups is 1. The number of aromatic amines is 1. The van der Waals surface area contributed by atoms with Crippen LogP contribution < -0.4 is 0 Å². The SMILES string of the molecule is O=C(O)C1(O)c2c[nH]cc2CCC12CC2. The minimum Gasteiger partial charge on any atom is -0.479 e. The topological polar surface area (TPSA) is 73.3 Å². The summed E-state index contributed by atoms with van der Waals surface area (Å²) in [6.45, 7) is 0. The minimum atomic E-state index is -1.67. The first-order valence-corrected chi connectivity index (χ1v) is 5.22. The summed E-state index contributed by atoms with van der Waals surface area (Å²) < 4.78 is 0.